The fourth-order valence-electron chi connectivity index (χ4n) is 2.58. The van der Waals surface area contributed by atoms with Crippen molar-refractivity contribution in [1.82, 2.24) is 0 Å². The van der Waals surface area contributed by atoms with Gasteiger partial charge in [-0.2, -0.15) is 0 Å². The number of hydrogen-bond donors (Lipinski definition) is 0. The molecule has 0 bridgehead atoms. The minimum absolute atomic E-state index is 0.132. The maximum Gasteiger partial charge on any atom is 0.316 e. The number of methoxy groups -OCH3 is 1. The van der Waals surface area contributed by atoms with E-state index in [0.717, 1.165) is 40.9 Å². The van der Waals surface area contributed by atoms with Crippen molar-refractivity contribution in [3.8, 4) is 5.75 Å². The molecule has 1 aliphatic carbocycles. The lowest BCUT2D eigenvalue weighted by Crippen LogP contribution is -2.22. The van der Waals surface area contributed by atoms with Crippen LogP contribution in [0.2, 0.25) is 0 Å². The van der Waals surface area contributed by atoms with Crippen LogP contribution in [0.3, 0.4) is 0 Å². The molecule has 1 fully saturated rings. The highest BCUT2D eigenvalue weighted by Crippen LogP contribution is 2.50. The largest absolute Gasteiger partial charge is 0.489 e. The zero-order valence-electron chi connectivity index (χ0n) is 12.7. The summed E-state index contributed by atoms with van der Waals surface area (Å²) in [4.78, 5) is 12.0. The van der Waals surface area contributed by atoms with Gasteiger partial charge < -0.3 is 9.47 Å². The van der Waals surface area contributed by atoms with Crippen LogP contribution in [0.1, 0.15) is 36.5 Å². The topological polar surface area (TPSA) is 35.5 Å². The number of esters is 1. The van der Waals surface area contributed by atoms with E-state index in [1.54, 1.807) is 0 Å². The number of carbonyl (C=O) groups is 1. The third-order valence-electron chi connectivity index (χ3n) is 3.80. The Kier molecular flexibility index (Phi) is 3.89. The molecule has 0 amide bonds. The molecule has 1 aliphatic rings. The Balaban J connectivity index is 2.31. The molecule has 0 saturated heterocycles. The van der Waals surface area contributed by atoms with Gasteiger partial charge in [0.25, 0.3) is 0 Å². The number of hydrogen-bond acceptors (Lipinski definition) is 3. The average molecular weight is 274 g/mol. The molecule has 0 N–H and O–H groups in total. The summed E-state index contributed by atoms with van der Waals surface area (Å²) in [5.41, 5.74) is 3.72. The molecule has 1 aromatic rings. The van der Waals surface area contributed by atoms with Crippen LogP contribution in [0, 0.1) is 13.8 Å². The van der Waals surface area contributed by atoms with Gasteiger partial charge in [0, 0.05) is 0 Å². The highest BCUT2D eigenvalue weighted by Gasteiger charge is 2.52. The third-order valence-corrected chi connectivity index (χ3v) is 3.80. The quantitative estimate of drug-likeness (QED) is 0.609. The van der Waals surface area contributed by atoms with Crippen LogP contribution in [-0.4, -0.2) is 19.7 Å². The van der Waals surface area contributed by atoms with Gasteiger partial charge in [0.05, 0.1) is 12.5 Å². The Morgan fingerprint density at radius 1 is 1.30 bits per heavy atom. The van der Waals surface area contributed by atoms with E-state index < -0.39 is 5.41 Å². The molecule has 1 saturated carbocycles. The third kappa shape index (κ3) is 2.58. The number of ether oxygens (including phenoxy) is 2. The molecular weight excluding hydrogens is 252 g/mol. The number of rotatable bonds is 5. The zero-order valence-corrected chi connectivity index (χ0v) is 12.7. The van der Waals surface area contributed by atoms with Crippen LogP contribution in [-0.2, 0) is 14.9 Å². The molecule has 0 radical (unpaired) electrons. The SMILES string of the molecule is C=C(C)COc1c(C)cc(C2(C(=O)OC)CC2)cc1C. The molecule has 0 aliphatic heterocycles. The summed E-state index contributed by atoms with van der Waals surface area (Å²) in [6.07, 6.45) is 1.73. The molecule has 108 valence electrons. The summed E-state index contributed by atoms with van der Waals surface area (Å²) >= 11 is 0. The van der Waals surface area contributed by atoms with E-state index in [9.17, 15) is 4.79 Å². The minimum atomic E-state index is -0.419. The predicted molar refractivity (Wildman–Crippen MR) is 79.2 cm³/mol. The molecule has 3 heteroatoms. The molecule has 3 nitrogen and oxygen atoms in total. The van der Waals surface area contributed by atoms with Gasteiger partial charge in [-0.1, -0.05) is 18.7 Å². The number of benzene rings is 1. The smallest absolute Gasteiger partial charge is 0.316 e. The maximum absolute atomic E-state index is 12.0. The normalized spacial score (nSPS) is 15.6. The summed E-state index contributed by atoms with van der Waals surface area (Å²) in [7, 11) is 1.45. The monoisotopic (exact) mass is 274 g/mol. The summed E-state index contributed by atoms with van der Waals surface area (Å²) < 4.78 is 10.7. The first kappa shape index (κ1) is 14.6. The Morgan fingerprint density at radius 2 is 1.85 bits per heavy atom. The van der Waals surface area contributed by atoms with Crippen molar-refractivity contribution >= 4 is 5.97 Å². The fourth-order valence-corrected chi connectivity index (χ4v) is 2.58. The molecular formula is C17H22O3. The second-order valence-corrected chi connectivity index (χ2v) is 5.76. The van der Waals surface area contributed by atoms with Gasteiger partial charge in [0.1, 0.15) is 12.4 Å². The highest BCUT2D eigenvalue weighted by atomic mass is 16.5. The summed E-state index contributed by atoms with van der Waals surface area (Å²) in [6.45, 7) is 10.3. The van der Waals surface area contributed by atoms with Crippen LogP contribution >= 0.6 is 0 Å². The first-order chi connectivity index (χ1) is 9.40. The second-order valence-electron chi connectivity index (χ2n) is 5.76. The Morgan fingerprint density at radius 3 is 2.25 bits per heavy atom. The summed E-state index contributed by atoms with van der Waals surface area (Å²) in [5.74, 6) is 0.754. The first-order valence-electron chi connectivity index (χ1n) is 6.88. The molecule has 2 rings (SSSR count). The fraction of sp³-hybridized carbons (Fsp3) is 0.471. The standard InChI is InChI=1S/C17H22O3/c1-11(2)10-20-15-12(3)8-14(9-13(15)4)17(6-7-17)16(18)19-5/h8-9H,1,6-7,10H2,2-5H3. The maximum atomic E-state index is 12.0. The van der Waals surface area contributed by atoms with Crippen LogP contribution in [0.25, 0.3) is 0 Å². The van der Waals surface area contributed by atoms with Crippen molar-refractivity contribution in [1.29, 1.82) is 0 Å². The Hall–Kier alpha value is -1.77. The summed E-state index contributed by atoms with van der Waals surface area (Å²) in [6, 6.07) is 4.09. The van der Waals surface area contributed by atoms with Crippen molar-refractivity contribution in [2.75, 3.05) is 13.7 Å². The van der Waals surface area contributed by atoms with Gasteiger partial charge in [0.2, 0.25) is 0 Å². The molecule has 0 spiro atoms. The molecule has 20 heavy (non-hydrogen) atoms. The minimum Gasteiger partial charge on any atom is -0.489 e. The van der Waals surface area contributed by atoms with Crippen molar-refractivity contribution in [3.05, 3.63) is 41.0 Å². The van der Waals surface area contributed by atoms with Crippen LogP contribution in [0.15, 0.2) is 24.3 Å². The molecule has 0 heterocycles. The molecule has 1 aromatic carbocycles. The lowest BCUT2D eigenvalue weighted by molar-refractivity contribution is -0.143. The number of aryl methyl sites for hydroxylation is 2. The van der Waals surface area contributed by atoms with Crippen molar-refractivity contribution in [2.45, 2.75) is 39.0 Å². The van der Waals surface area contributed by atoms with Gasteiger partial charge in [-0.25, -0.2) is 0 Å². The van der Waals surface area contributed by atoms with E-state index in [0.29, 0.717) is 6.61 Å². The van der Waals surface area contributed by atoms with Gasteiger partial charge >= 0.3 is 5.97 Å². The molecule has 0 aromatic heterocycles. The molecule has 0 unspecified atom stereocenters. The van der Waals surface area contributed by atoms with Crippen molar-refractivity contribution in [2.24, 2.45) is 0 Å². The van der Waals surface area contributed by atoms with Gasteiger partial charge in [0.15, 0.2) is 0 Å². The lowest BCUT2D eigenvalue weighted by atomic mass is 9.92. The van der Waals surface area contributed by atoms with E-state index in [4.69, 9.17) is 9.47 Å². The second kappa shape index (κ2) is 5.31. The lowest BCUT2D eigenvalue weighted by Gasteiger charge is -2.18. The van der Waals surface area contributed by atoms with Crippen molar-refractivity contribution < 1.29 is 14.3 Å². The van der Waals surface area contributed by atoms with Crippen LogP contribution in [0.5, 0.6) is 5.75 Å². The average Bonchev–Trinajstić information content (AvgIpc) is 3.17. The predicted octanol–water partition coefficient (Wildman–Crippen LogP) is 3.46. The Bertz CT molecular complexity index is 530. The van der Waals surface area contributed by atoms with Gasteiger partial charge in [-0.3, -0.25) is 4.79 Å². The number of carbonyl (C=O) groups excluding carboxylic acids is 1. The van der Waals surface area contributed by atoms with E-state index in [1.807, 2.05) is 32.9 Å². The van der Waals surface area contributed by atoms with Gasteiger partial charge in [-0.15, -0.1) is 0 Å². The first-order valence-corrected chi connectivity index (χ1v) is 6.88. The Labute approximate surface area is 120 Å². The van der Waals surface area contributed by atoms with E-state index >= 15 is 0 Å². The van der Waals surface area contributed by atoms with E-state index in [1.165, 1.54) is 7.11 Å². The van der Waals surface area contributed by atoms with E-state index in [2.05, 4.69) is 6.58 Å². The van der Waals surface area contributed by atoms with Crippen LogP contribution in [0.4, 0.5) is 0 Å². The van der Waals surface area contributed by atoms with Crippen LogP contribution < -0.4 is 4.74 Å². The van der Waals surface area contributed by atoms with Crippen molar-refractivity contribution in [3.63, 3.8) is 0 Å². The van der Waals surface area contributed by atoms with E-state index in [-0.39, 0.29) is 5.97 Å². The zero-order chi connectivity index (χ0) is 14.9. The summed E-state index contributed by atoms with van der Waals surface area (Å²) in [5, 5.41) is 0. The highest BCUT2D eigenvalue weighted by molar-refractivity contribution is 5.86. The molecule has 0 atom stereocenters. The van der Waals surface area contributed by atoms with Gasteiger partial charge in [-0.05, 0) is 55.9 Å².